The van der Waals surface area contributed by atoms with Crippen LogP contribution in [0.3, 0.4) is 0 Å². The number of carbonyl (C=O) groups excluding carboxylic acids is 1. The van der Waals surface area contributed by atoms with Gasteiger partial charge in [0.1, 0.15) is 34.1 Å². The normalized spacial score (nSPS) is 20.0. The fourth-order valence-electron chi connectivity index (χ4n) is 4.53. The maximum absolute atomic E-state index is 15.0. The van der Waals surface area contributed by atoms with Crippen molar-refractivity contribution in [3.8, 4) is 11.5 Å². The third-order valence-electron chi connectivity index (χ3n) is 6.24. The highest BCUT2D eigenvalue weighted by atomic mass is 79.9. The first kappa shape index (κ1) is 21.7. The second-order valence-electron chi connectivity index (χ2n) is 8.06. The molecule has 2 fully saturated rings. The zero-order chi connectivity index (χ0) is 23.1. The van der Waals surface area contributed by atoms with Crippen LogP contribution in [0.1, 0.15) is 30.1 Å². The highest BCUT2D eigenvalue weighted by Crippen LogP contribution is 2.36. The molecule has 1 aromatic carbocycles. The van der Waals surface area contributed by atoms with E-state index < -0.39 is 5.95 Å². The molecule has 0 aliphatic carbocycles. The molecule has 0 radical (unpaired) electrons. The molecular weight excluding hydrogens is 497 g/mol. The van der Waals surface area contributed by atoms with E-state index in [9.17, 15) is 9.18 Å². The molecule has 2 aliphatic heterocycles. The minimum Gasteiger partial charge on any atom is -0.497 e. The minimum atomic E-state index is -0.517. The Labute approximate surface area is 198 Å². The molecule has 9 nitrogen and oxygen atoms in total. The number of aromatic nitrogens is 3. The first-order valence-corrected chi connectivity index (χ1v) is 11.4. The lowest BCUT2D eigenvalue weighted by Gasteiger charge is -2.32. The average molecular weight is 520 g/mol. The number of amides is 1. The summed E-state index contributed by atoms with van der Waals surface area (Å²) < 4.78 is 32.8. The molecule has 0 unspecified atom stereocenters. The molecule has 5 rings (SSSR count). The van der Waals surface area contributed by atoms with E-state index in [1.165, 1.54) is 10.6 Å². The van der Waals surface area contributed by atoms with Gasteiger partial charge in [0.2, 0.25) is 5.95 Å². The number of imidazole rings is 1. The third-order valence-corrected chi connectivity index (χ3v) is 6.80. The highest BCUT2D eigenvalue weighted by Gasteiger charge is 2.40. The summed E-state index contributed by atoms with van der Waals surface area (Å²) >= 11 is 3.49. The van der Waals surface area contributed by atoms with Crippen LogP contribution in [0.2, 0.25) is 0 Å². The number of methoxy groups -OCH3 is 2. The molecule has 174 valence electrons. The second-order valence-corrected chi connectivity index (χ2v) is 8.81. The molecule has 2 aliphatic rings. The first-order chi connectivity index (χ1) is 16.0. The number of anilines is 1. The van der Waals surface area contributed by atoms with Gasteiger partial charge >= 0.3 is 6.09 Å². The van der Waals surface area contributed by atoms with Crippen LogP contribution in [0.25, 0.3) is 5.52 Å². The lowest BCUT2D eigenvalue weighted by molar-refractivity contribution is 0.150. The largest absolute Gasteiger partial charge is 0.497 e. The van der Waals surface area contributed by atoms with E-state index in [0.717, 1.165) is 18.4 Å². The van der Waals surface area contributed by atoms with E-state index in [2.05, 4.69) is 31.2 Å². The molecule has 11 heteroatoms. The van der Waals surface area contributed by atoms with Gasteiger partial charge in [-0.3, -0.25) is 4.40 Å². The van der Waals surface area contributed by atoms with Gasteiger partial charge < -0.3 is 24.4 Å². The van der Waals surface area contributed by atoms with Crippen molar-refractivity contribution in [3.63, 3.8) is 0 Å². The fourth-order valence-corrected chi connectivity index (χ4v) is 5.08. The minimum absolute atomic E-state index is 0.0895. The zero-order valence-corrected chi connectivity index (χ0v) is 19.8. The summed E-state index contributed by atoms with van der Waals surface area (Å²) in [5.41, 5.74) is 1.40. The van der Waals surface area contributed by atoms with Crippen LogP contribution in [0, 0.1) is 5.95 Å². The van der Waals surface area contributed by atoms with E-state index in [1.807, 2.05) is 12.1 Å². The smallest absolute Gasteiger partial charge is 0.410 e. The number of ether oxygens (including phenoxy) is 3. The summed E-state index contributed by atoms with van der Waals surface area (Å²) in [6.45, 7) is 1.26. The number of hydrogen-bond donors (Lipinski definition) is 1. The van der Waals surface area contributed by atoms with E-state index in [1.54, 1.807) is 25.2 Å². The van der Waals surface area contributed by atoms with Gasteiger partial charge in [-0.05, 0) is 40.9 Å². The predicted molar refractivity (Wildman–Crippen MR) is 121 cm³/mol. The Morgan fingerprint density at radius 3 is 2.94 bits per heavy atom. The molecule has 0 saturated carbocycles. The summed E-state index contributed by atoms with van der Waals surface area (Å²) in [6, 6.07) is 5.64. The number of cyclic esters (lactones) is 1. The lowest BCUT2D eigenvalue weighted by atomic mass is 9.93. The van der Waals surface area contributed by atoms with Crippen molar-refractivity contribution < 1.29 is 23.4 Å². The molecule has 0 bridgehead atoms. The topological polar surface area (TPSA) is 90.2 Å². The molecule has 0 spiro atoms. The summed E-state index contributed by atoms with van der Waals surface area (Å²) in [5, 5.41) is 3.27. The first-order valence-electron chi connectivity index (χ1n) is 10.6. The summed E-state index contributed by atoms with van der Waals surface area (Å²) in [7, 11) is 3.19. The molecule has 4 heterocycles. The van der Waals surface area contributed by atoms with Gasteiger partial charge in [0.25, 0.3) is 0 Å². The lowest BCUT2D eigenvalue weighted by Crippen LogP contribution is -2.41. The molecular formula is C22H23BrFN5O4. The Bertz CT molecular complexity index is 1220. The van der Waals surface area contributed by atoms with Crippen LogP contribution in [0.5, 0.6) is 11.5 Å². The number of piperidine rings is 1. The molecule has 2 aromatic heterocycles. The van der Waals surface area contributed by atoms with E-state index in [4.69, 9.17) is 14.2 Å². The van der Waals surface area contributed by atoms with Crippen LogP contribution >= 0.6 is 15.9 Å². The van der Waals surface area contributed by atoms with Crippen molar-refractivity contribution in [2.24, 2.45) is 0 Å². The molecule has 2 saturated heterocycles. The Morgan fingerprint density at radius 1 is 1.30 bits per heavy atom. The standard InChI is InChI=1S/C22H23BrFN5O4/c1-31-15-6-4-12(16(7-15)32-2)8-25-20-18-19(23)27-21(29(18)17(24)9-26-20)13-3-5-14-11-33-22(30)28(14)10-13/h4,6-7,9,13-14H,3,5,8,10-11H2,1-2H3,(H,25,26)/t13-,14+/m1/s1. The fraction of sp³-hybridized carbons (Fsp3) is 0.409. The van der Waals surface area contributed by atoms with Crippen molar-refractivity contribution in [1.82, 2.24) is 19.3 Å². The average Bonchev–Trinajstić information content (AvgIpc) is 3.39. The van der Waals surface area contributed by atoms with Crippen LogP contribution < -0.4 is 14.8 Å². The Morgan fingerprint density at radius 2 is 2.15 bits per heavy atom. The number of fused-ring (bicyclic) bond motifs is 2. The maximum Gasteiger partial charge on any atom is 0.410 e. The van der Waals surface area contributed by atoms with Crippen molar-refractivity contribution in [1.29, 1.82) is 0 Å². The Kier molecular flexibility index (Phi) is 5.73. The van der Waals surface area contributed by atoms with E-state index in [0.29, 0.717) is 53.0 Å². The number of carbonyl (C=O) groups is 1. The molecule has 1 amide bonds. The number of nitrogens with one attached hydrogen (secondary N) is 1. The Hall–Kier alpha value is -3.08. The number of rotatable bonds is 6. The monoisotopic (exact) mass is 519 g/mol. The van der Waals surface area contributed by atoms with Gasteiger partial charge in [-0.2, -0.15) is 4.39 Å². The molecule has 33 heavy (non-hydrogen) atoms. The summed E-state index contributed by atoms with van der Waals surface area (Å²) in [6.07, 6.45) is 2.44. The van der Waals surface area contributed by atoms with Gasteiger partial charge in [-0.25, -0.2) is 14.8 Å². The Balaban J connectivity index is 1.45. The van der Waals surface area contributed by atoms with Crippen molar-refractivity contribution in [2.75, 3.05) is 32.7 Å². The number of benzene rings is 1. The second kappa shape index (κ2) is 8.69. The van der Waals surface area contributed by atoms with Gasteiger partial charge in [0, 0.05) is 30.6 Å². The number of nitrogens with zero attached hydrogens (tertiary/aromatic N) is 4. The van der Waals surface area contributed by atoms with Gasteiger partial charge in [0.05, 0.1) is 26.5 Å². The van der Waals surface area contributed by atoms with Crippen molar-refractivity contribution >= 4 is 33.4 Å². The van der Waals surface area contributed by atoms with Crippen molar-refractivity contribution in [3.05, 3.63) is 46.3 Å². The van der Waals surface area contributed by atoms with Crippen molar-refractivity contribution in [2.45, 2.75) is 31.3 Å². The highest BCUT2D eigenvalue weighted by molar-refractivity contribution is 9.10. The van der Waals surface area contributed by atoms with Crippen LogP contribution in [-0.2, 0) is 11.3 Å². The van der Waals surface area contributed by atoms with Crippen LogP contribution in [0.15, 0.2) is 29.0 Å². The third kappa shape index (κ3) is 3.84. The quantitative estimate of drug-likeness (QED) is 0.527. The number of hydrogen-bond acceptors (Lipinski definition) is 7. The van der Waals surface area contributed by atoms with E-state index in [-0.39, 0.29) is 18.1 Å². The zero-order valence-electron chi connectivity index (χ0n) is 18.2. The predicted octanol–water partition coefficient (Wildman–Crippen LogP) is 3.96. The van der Waals surface area contributed by atoms with Gasteiger partial charge in [-0.1, -0.05) is 0 Å². The molecule has 2 atom stereocenters. The number of halogens is 2. The SMILES string of the molecule is COc1ccc(CNc2ncc(F)n3c([C@@H]4CC[C@H]5COC(=O)N5C4)nc(Br)c23)c(OC)c1. The summed E-state index contributed by atoms with van der Waals surface area (Å²) in [4.78, 5) is 22.7. The van der Waals surface area contributed by atoms with Gasteiger partial charge in [0.15, 0.2) is 5.82 Å². The molecule has 3 aromatic rings. The van der Waals surface area contributed by atoms with Gasteiger partial charge in [-0.15, -0.1) is 0 Å². The van der Waals surface area contributed by atoms with Crippen LogP contribution in [-0.4, -0.2) is 58.8 Å². The maximum atomic E-state index is 15.0. The molecule has 1 N–H and O–H groups in total. The van der Waals surface area contributed by atoms with E-state index >= 15 is 0 Å². The van der Waals surface area contributed by atoms with Crippen LogP contribution in [0.4, 0.5) is 15.0 Å². The summed E-state index contributed by atoms with van der Waals surface area (Å²) in [5.74, 6) is 1.77.